The minimum Gasteiger partial charge on any atom is -0.348 e. The van der Waals surface area contributed by atoms with Gasteiger partial charge in [0.2, 0.25) is 0 Å². The number of rotatable bonds is 7. The van der Waals surface area contributed by atoms with Crippen LogP contribution < -0.4 is 5.32 Å². The number of aromatic amines is 1. The second kappa shape index (κ2) is 8.29. The number of aromatic nitrogens is 2. The van der Waals surface area contributed by atoms with Gasteiger partial charge in [-0.1, -0.05) is 67.9 Å². The van der Waals surface area contributed by atoms with E-state index in [-0.39, 0.29) is 5.91 Å². The van der Waals surface area contributed by atoms with Gasteiger partial charge < -0.3 is 5.32 Å². The average molecular weight is 333 g/mol. The Bertz CT molecular complexity index is 807. The number of nitrogens with one attached hydrogen (secondary N) is 2. The van der Waals surface area contributed by atoms with Gasteiger partial charge in [0.1, 0.15) is 0 Å². The van der Waals surface area contributed by atoms with Crippen molar-refractivity contribution in [3.8, 4) is 11.3 Å². The SMILES string of the molecule is CCCCc1ccc(CNC(=O)c2cn[nH]c2-c2ccccc2)cc1. The molecule has 0 spiro atoms. The van der Waals surface area contributed by atoms with Gasteiger partial charge in [0.05, 0.1) is 17.5 Å². The number of H-pyrrole nitrogens is 1. The predicted molar refractivity (Wildman–Crippen MR) is 100 cm³/mol. The third kappa shape index (κ3) is 4.35. The Kier molecular flexibility index (Phi) is 5.62. The van der Waals surface area contributed by atoms with Crippen LogP contribution in [-0.4, -0.2) is 16.1 Å². The molecule has 0 saturated heterocycles. The van der Waals surface area contributed by atoms with Gasteiger partial charge in [-0.3, -0.25) is 9.89 Å². The highest BCUT2D eigenvalue weighted by Crippen LogP contribution is 2.20. The van der Waals surface area contributed by atoms with E-state index >= 15 is 0 Å². The monoisotopic (exact) mass is 333 g/mol. The second-order valence-corrected chi connectivity index (χ2v) is 6.13. The Balaban J connectivity index is 1.63. The van der Waals surface area contributed by atoms with E-state index < -0.39 is 0 Å². The molecule has 1 aromatic heterocycles. The van der Waals surface area contributed by atoms with Crippen molar-refractivity contribution in [1.29, 1.82) is 0 Å². The number of amides is 1. The first-order valence-electron chi connectivity index (χ1n) is 8.72. The molecule has 0 aliphatic heterocycles. The van der Waals surface area contributed by atoms with Crippen LogP contribution in [0.5, 0.6) is 0 Å². The van der Waals surface area contributed by atoms with Gasteiger partial charge in [0, 0.05) is 12.1 Å². The number of unbranched alkanes of at least 4 members (excludes halogenated alkanes) is 1. The summed E-state index contributed by atoms with van der Waals surface area (Å²) in [7, 11) is 0. The molecular weight excluding hydrogens is 310 g/mol. The second-order valence-electron chi connectivity index (χ2n) is 6.13. The van der Waals surface area contributed by atoms with Gasteiger partial charge >= 0.3 is 0 Å². The number of carbonyl (C=O) groups excluding carboxylic acids is 1. The number of aryl methyl sites for hydroxylation is 1. The molecular formula is C21H23N3O. The Morgan fingerprint density at radius 2 is 1.76 bits per heavy atom. The molecule has 1 amide bonds. The lowest BCUT2D eigenvalue weighted by molar-refractivity contribution is 0.0951. The summed E-state index contributed by atoms with van der Waals surface area (Å²) in [4.78, 5) is 12.5. The Morgan fingerprint density at radius 1 is 1.04 bits per heavy atom. The maximum Gasteiger partial charge on any atom is 0.255 e. The van der Waals surface area contributed by atoms with Crippen molar-refractivity contribution in [3.05, 3.63) is 77.5 Å². The van der Waals surface area contributed by atoms with Gasteiger partial charge in [-0.2, -0.15) is 5.10 Å². The van der Waals surface area contributed by atoms with E-state index in [2.05, 4.69) is 46.7 Å². The first-order chi connectivity index (χ1) is 12.3. The van der Waals surface area contributed by atoms with Crippen LogP contribution in [0.3, 0.4) is 0 Å². The molecule has 0 radical (unpaired) electrons. The number of hydrogen-bond acceptors (Lipinski definition) is 2. The molecule has 0 fully saturated rings. The summed E-state index contributed by atoms with van der Waals surface area (Å²) in [6.07, 6.45) is 5.09. The molecule has 1 heterocycles. The van der Waals surface area contributed by atoms with Crippen LogP contribution in [-0.2, 0) is 13.0 Å². The lowest BCUT2D eigenvalue weighted by Gasteiger charge is -2.07. The molecule has 0 saturated carbocycles. The standard InChI is InChI=1S/C21H23N3O/c1-2-3-7-16-10-12-17(13-11-16)14-22-21(25)19-15-23-24-20(19)18-8-5-4-6-9-18/h4-6,8-13,15H,2-3,7,14H2,1H3,(H,22,25)(H,23,24). The minimum atomic E-state index is -0.123. The molecule has 0 bridgehead atoms. The third-order valence-electron chi connectivity index (χ3n) is 4.24. The lowest BCUT2D eigenvalue weighted by Crippen LogP contribution is -2.23. The molecule has 2 N–H and O–H groups in total. The molecule has 0 aliphatic rings. The summed E-state index contributed by atoms with van der Waals surface area (Å²) in [5, 5.41) is 9.92. The predicted octanol–water partition coefficient (Wildman–Crippen LogP) is 4.35. The zero-order valence-corrected chi connectivity index (χ0v) is 14.5. The van der Waals surface area contributed by atoms with Crippen molar-refractivity contribution in [3.63, 3.8) is 0 Å². The summed E-state index contributed by atoms with van der Waals surface area (Å²) >= 11 is 0. The van der Waals surface area contributed by atoms with Gasteiger partial charge in [0.15, 0.2) is 0 Å². The quantitative estimate of drug-likeness (QED) is 0.675. The van der Waals surface area contributed by atoms with Crippen molar-refractivity contribution < 1.29 is 4.79 Å². The number of nitrogens with zero attached hydrogens (tertiary/aromatic N) is 1. The van der Waals surface area contributed by atoms with Crippen LogP contribution in [0.25, 0.3) is 11.3 Å². The topological polar surface area (TPSA) is 57.8 Å². The third-order valence-corrected chi connectivity index (χ3v) is 4.24. The number of carbonyl (C=O) groups is 1. The van der Waals surface area contributed by atoms with Crippen molar-refractivity contribution in [1.82, 2.24) is 15.5 Å². The highest BCUT2D eigenvalue weighted by molar-refractivity contribution is 5.99. The van der Waals surface area contributed by atoms with E-state index in [0.29, 0.717) is 12.1 Å². The highest BCUT2D eigenvalue weighted by atomic mass is 16.1. The average Bonchev–Trinajstić information content (AvgIpc) is 3.16. The molecule has 128 valence electrons. The van der Waals surface area contributed by atoms with Crippen LogP contribution in [0.1, 0.15) is 41.3 Å². The summed E-state index contributed by atoms with van der Waals surface area (Å²) in [5.74, 6) is -0.123. The Hall–Kier alpha value is -2.88. The van der Waals surface area contributed by atoms with Gasteiger partial charge in [0.25, 0.3) is 5.91 Å². The van der Waals surface area contributed by atoms with Crippen LogP contribution in [0.15, 0.2) is 60.8 Å². The Labute approximate surface area is 148 Å². The van der Waals surface area contributed by atoms with Crippen molar-refractivity contribution in [2.45, 2.75) is 32.7 Å². The fourth-order valence-electron chi connectivity index (χ4n) is 2.77. The molecule has 0 atom stereocenters. The Morgan fingerprint density at radius 3 is 2.48 bits per heavy atom. The molecule has 3 aromatic rings. The zero-order chi connectivity index (χ0) is 17.5. The van der Waals surface area contributed by atoms with E-state index in [9.17, 15) is 4.79 Å². The fourth-order valence-corrected chi connectivity index (χ4v) is 2.77. The van der Waals surface area contributed by atoms with E-state index in [1.807, 2.05) is 30.3 Å². The number of benzene rings is 2. The van der Waals surface area contributed by atoms with Crippen molar-refractivity contribution >= 4 is 5.91 Å². The summed E-state index contributed by atoms with van der Waals surface area (Å²) in [5.41, 5.74) is 4.70. The van der Waals surface area contributed by atoms with Gasteiger partial charge in [-0.05, 0) is 24.0 Å². The summed E-state index contributed by atoms with van der Waals surface area (Å²) in [6.45, 7) is 2.70. The van der Waals surface area contributed by atoms with Gasteiger partial charge in [-0.15, -0.1) is 0 Å². The largest absolute Gasteiger partial charge is 0.348 e. The molecule has 4 heteroatoms. The summed E-state index contributed by atoms with van der Waals surface area (Å²) < 4.78 is 0. The first kappa shape index (κ1) is 17.0. The van der Waals surface area contributed by atoms with E-state index in [1.165, 1.54) is 18.4 Å². The number of hydrogen-bond donors (Lipinski definition) is 2. The van der Waals surface area contributed by atoms with E-state index in [4.69, 9.17) is 0 Å². The molecule has 2 aromatic carbocycles. The van der Waals surface area contributed by atoms with Gasteiger partial charge in [-0.25, -0.2) is 0 Å². The molecule has 3 rings (SSSR count). The highest BCUT2D eigenvalue weighted by Gasteiger charge is 2.14. The maximum atomic E-state index is 12.5. The van der Waals surface area contributed by atoms with E-state index in [1.54, 1.807) is 6.20 Å². The van der Waals surface area contributed by atoms with Crippen molar-refractivity contribution in [2.75, 3.05) is 0 Å². The maximum absolute atomic E-state index is 12.5. The minimum absolute atomic E-state index is 0.123. The lowest BCUT2D eigenvalue weighted by atomic mass is 10.1. The molecule has 0 unspecified atom stereocenters. The molecule has 0 aliphatic carbocycles. The normalized spacial score (nSPS) is 10.6. The van der Waals surface area contributed by atoms with Crippen LogP contribution in [0.2, 0.25) is 0 Å². The molecule has 4 nitrogen and oxygen atoms in total. The van der Waals surface area contributed by atoms with Crippen LogP contribution in [0.4, 0.5) is 0 Å². The zero-order valence-electron chi connectivity index (χ0n) is 14.5. The smallest absolute Gasteiger partial charge is 0.255 e. The van der Waals surface area contributed by atoms with Crippen LogP contribution >= 0.6 is 0 Å². The first-order valence-corrected chi connectivity index (χ1v) is 8.72. The summed E-state index contributed by atoms with van der Waals surface area (Å²) in [6, 6.07) is 18.2. The van der Waals surface area contributed by atoms with E-state index in [0.717, 1.165) is 23.2 Å². The fraction of sp³-hybridized carbons (Fsp3) is 0.238. The van der Waals surface area contributed by atoms with Crippen molar-refractivity contribution in [2.24, 2.45) is 0 Å². The molecule has 25 heavy (non-hydrogen) atoms. The van der Waals surface area contributed by atoms with Crippen LogP contribution in [0, 0.1) is 0 Å².